The number of nitrogens with one attached hydrogen (secondary N) is 1. The van der Waals surface area contributed by atoms with Crippen LogP contribution in [0.25, 0.3) is 0 Å². The van der Waals surface area contributed by atoms with Gasteiger partial charge in [0.05, 0.1) is 29.1 Å². The third kappa shape index (κ3) is 3.32. The highest BCUT2D eigenvalue weighted by Crippen LogP contribution is 2.26. The molecule has 0 aliphatic rings. The summed E-state index contributed by atoms with van der Waals surface area (Å²) in [6, 6.07) is 4.48. The van der Waals surface area contributed by atoms with Crippen molar-refractivity contribution in [1.82, 2.24) is 4.98 Å². The molecule has 0 fully saturated rings. The van der Waals surface area contributed by atoms with Gasteiger partial charge in [-0.2, -0.15) is 0 Å². The van der Waals surface area contributed by atoms with Gasteiger partial charge in [0.1, 0.15) is 4.88 Å². The minimum Gasteiger partial charge on any atom is -0.465 e. The maximum Gasteiger partial charge on any atom is 0.337 e. The van der Waals surface area contributed by atoms with Gasteiger partial charge in [0.2, 0.25) is 0 Å². The van der Waals surface area contributed by atoms with Crippen LogP contribution in [0.5, 0.6) is 0 Å². The number of benzene rings is 1. The van der Waals surface area contributed by atoms with Crippen molar-refractivity contribution in [1.29, 1.82) is 0 Å². The second-order valence-electron chi connectivity index (χ2n) is 4.11. The molecule has 6 nitrogen and oxygen atoms in total. The molecule has 0 saturated carbocycles. The Labute approximate surface area is 129 Å². The molecule has 2 aromatic rings. The summed E-state index contributed by atoms with van der Waals surface area (Å²) in [7, 11) is 1.28. The first-order valence-electron chi connectivity index (χ1n) is 5.84. The smallest absolute Gasteiger partial charge is 0.337 e. The van der Waals surface area contributed by atoms with Gasteiger partial charge in [0.15, 0.2) is 5.13 Å². The van der Waals surface area contributed by atoms with Crippen molar-refractivity contribution in [2.24, 2.45) is 0 Å². The first-order chi connectivity index (χ1) is 9.92. The van der Waals surface area contributed by atoms with E-state index in [1.165, 1.54) is 25.3 Å². The van der Waals surface area contributed by atoms with Crippen LogP contribution in [0, 0.1) is 6.92 Å². The van der Waals surface area contributed by atoms with E-state index in [9.17, 15) is 9.59 Å². The molecular weight excluding hydrogens is 314 g/mol. The molecule has 8 heteroatoms. The molecule has 0 aliphatic carbocycles. The average molecular weight is 326 g/mol. The van der Waals surface area contributed by atoms with Gasteiger partial charge in [-0.3, -0.25) is 4.79 Å². The van der Waals surface area contributed by atoms with Crippen LogP contribution in [0.1, 0.15) is 25.7 Å². The molecule has 21 heavy (non-hydrogen) atoms. The first kappa shape index (κ1) is 15.3. The topological polar surface area (TPSA) is 94.3 Å². The molecule has 0 spiro atoms. The SMILES string of the molecule is COC(=O)c1ccc(Cl)c(NC(=O)c2sc(N)nc2C)c1. The van der Waals surface area contributed by atoms with E-state index in [1.807, 2.05) is 0 Å². The third-order valence-corrected chi connectivity index (χ3v) is 3.97. The summed E-state index contributed by atoms with van der Waals surface area (Å²) in [6.45, 7) is 1.69. The lowest BCUT2D eigenvalue weighted by atomic mass is 10.2. The van der Waals surface area contributed by atoms with Crippen molar-refractivity contribution in [3.8, 4) is 0 Å². The van der Waals surface area contributed by atoms with Crippen LogP contribution < -0.4 is 11.1 Å². The highest BCUT2D eigenvalue weighted by Gasteiger charge is 2.16. The zero-order chi connectivity index (χ0) is 15.6. The van der Waals surface area contributed by atoms with Crippen molar-refractivity contribution >= 4 is 45.6 Å². The molecule has 0 atom stereocenters. The number of nitrogens with two attached hydrogens (primary N) is 1. The second-order valence-corrected chi connectivity index (χ2v) is 5.54. The monoisotopic (exact) mass is 325 g/mol. The van der Waals surface area contributed by atoms with Crippen LogP contribution >= 0.6 is 22.9 Å². The molecule has 1 aromatic heterocycles. The number of methoxy groups -OCH3 is 1. The number of anilines is 2. The molecule has 0 aliphatic heterocycles. The largest absolute Gasteiger partial charge is 0.465 e. The number of aryl methyl sites for hydroxylation is 1. The molecule has 3 N–H and O–H groups in total. The van der Waals surface area contributed by atoms with Gasteiger partial charge in [-0.15, -0.1) is 0 Å². The summed E-state index contributed by atoms with van der Waals surface area (Å²) in [6.07, 6.45) is 0. The summed E-state index contributed by atoms with van der Waals surface area (Å²) in [5, 5.41) is 3.26. The second kappa shape index (κ2) is 6.11. The molecule has 2 rings (SSSR count). The Hall–Kier alpha value is -2.12. The lowest BCUT2D eigenvalue weighted by Gasteiger charge is -2.08. The number of halogens is 1. The predicted molar refractivity (Wildman–Crippen MR) is 82.0 cm³/mol. The molecule has 0 unspecified atom stereocenters. The Kier molecular flexibility index (Phi) is 4.44. The number of nitrogen functional groups attached to an aromatic ring is 1. The van der Waals surface area contributed by atoms with Crippen LogP contribution in [0.2, 0.25) is 5.02 Å². The Bertz CT molecular complexity index is 715. The summed E-state index contributed by atoms with van der Waals surface area (Å²) >= 11 is 7.10. The number of rotatable bonds is 3. The average Bonchev–Trinajstić information content (AvgIpc) is 2.79. The fourth-order valence-electron chi connectivity index (χ4n) is 1.67. The minimum absolute atomic E-state index is 0.290. The van der Waals surface area contributed by atoms with Crippen LogP contribution in [0.15, 0.2) is 18.2 Å². The Morgan fingerprint density at radius 3 is 2.71 bits per heavy atom. The van der Waals surface area contributed by atoms with Gasteiger partial charge in [-0.25, -0.2) is 9.78 Å². The lowest BCUT2D eigenvalue weighted by Crippen LogP contribution is -2.13. The van der Waals surface area contributed by atoms with Gasteiger partial charge in [0, 0.05) is 0 Å². The first-order valence-corrected chi connectivity index (χ1v) is 7.04. The van der Waals surface area contributed by atoms with Gasteiger partial charge in [0.25, 0.3) is 5.91 Å². The molecule has 0 saturated heterocycles. The third-order valence-electron chi connectivity index (χ3n) is 2.66. The van der Waals surface area contributed by atoms with E-state index in [1.54, 1.807) is 6.92 Å². The molecule has 0 radical (unpaired) electrons. The molecule has 1 heterocycles. The molecular formula is C13H12ClN3O3S. The Morgan fingerprint density at radius 1 is 1.43 bits per heavy atom. The van der Waals surface area contributed by atoms with Crippen molar-refractivity contribution in [3.05, 3.63) is 39.4 Å². The van der Waals surface area contributed by atoms with Gasteiger partial charge >= 0.3 is 5.97 Å². The number of hydrogen-bond acceptors (Lipinski definition) is 6. The molecule has 110 valence electrons. The van der Waals surface area contributed by atoms with E-state index >= 15 is 0 Å². The van der Waals surface area contributed by atoms with Crippen molar-refractivity contribution in [2.45, 2.75) is 6.92 Å². The van der Waals surface area contributed by atoms with Gasteiger partial charge in [-0.05, 0) is 25.1 Å². The summed E-state index contributed by atoms with van der Waals surface area (Å²) in [5.74, 6) is -0.897. The lowest BCUT2D eigenvalue weighted by molar-refractivity contribution is 0.0600. The number of carbonyl (C=O) groups is 2. The van der Waals surface area contributed by atoms with Crippen molar-refractivity contribution in [2.75, 3.05) is 18.2 Å². The zero-order valence-corrected chi connectivity index (χ0v) is 12.8. The number of ether oxygens (including phenoxy) is 1. The Morgan fingerprint density at radius 2 is 2.14 bits per heavy atom. The minimum atomic E-state index is -0.514. The fourth-order valence-corrected chi connectivity index (χ4v) is 2.57. The van der Waals surface area contributed by atoms with E-state index in [0.717, 1.165) is 11.3 Å². The van der Waals surface area contributed by atoms with E-state index in [0.29, 0.717) is 26.4 Å². The van der Waals surface area contributed by atoms with E-state index in [4.69, 9.17) is 17.3 Å². The number of hydrogen-bond donors (Lipinski definition) is 2. The standard InChI is InChI=1S/C13H12ClN3O3S/c1-6-10(21-13(15)16-6)11(18)17-9-5-7(12(19)20-2)3-4-8(9)14/h3-5H,1-2H3,(H2,15,16)(H,17,18). The zero-order valence-electron chi connectivity index (χ0n) is 11.3. The predicted octanol–water partition coefficient (Wildman–Crippen LogP) is 2.73. The number of thiazole rings is 1. The maximum atomic E-state index is 12.2. The maximum absolute atomic E-state index is 12.2. The number of carbonyl (C=O) groups excluding carboxylic acids is 2. The quantitative estimate of drug-likeness (QED) is 0.846. The molecule has 1 aromatic carbocycles. The highest BCUT2D eigenvalue weighted by atomic mass is 35.5. The number of nitrogens with zero attached hydrogens (tertiary/aromatic N) is 1. The van der Waals surface area contributed by atoms with E-state index in [-0.39, 0.29) is 11.5 Å². The van der Waals surface area contributed by atoms with E-state index in [2.05, 4.69) is 15.0 Å². The summed E-state index contributed by atoms with van der Waals surface area (Å²) in [5.41, 5.74) is 6.71. The number of esters is 1. The van der Waals surface area contributed by atoms with E-state index < -0.39 is 5.97 Å². The molecule has 0 bridgehead atoms. The van der Waals surface area contributed by atoms with Crippen LogP contribution in [0.3, 0.4) is 0 Å². The van der Waals surface area contributed by atoms with Gasteiger partial charge < -0.3 is 15.8 Å². The molecule has 1 amide bonds. The van der Waals surface area contributed by atoms with Crippen LogP contribution in [-0.4, -0.2) is 24.0 Å². The van der Waals surface area contributed by atoms with Crippen LogP contribution in [-0.2, 0) is 4.74 Å². The highest BCUT2D eigenvalue weighted by molar-refractivity contribution is 7.17. The number of amides is 1. The van der Waals surface area contributed by atoms with Crippen molar-refractivity contribution in [3.63, 3.8) is 0 Å². The summed E-state index contributed by atoms with van der Waals surface area (Å²) in [4.78, 5) is 28.0. The van der Waals surface area contributed by atoms with Gasteiger partial charge in [-0.1, -0.05) is 22.9 Å². The Balaban J connectivity index is 2.28. The van der Waals surface area contributed by atoms with Crippen LogP contribution in [0.4, 0.5) is 10.8 Å². The fraction of sp³-hybridized carbons (Fsp3) is 0.154. The normalized spacial score (nSPS) is 10.2. The summed E-state index contributed by atoms with van der Waals surface area (Å²) < 4.78 is 4.62. The van der Waals surface area contributed by atoms with Crippen molar-refractivity contribution < 1.29 is 14.3 Å². The number of aromatic nitrogens is 1.